The summed E-state index contributed by atoms with van der Waals surface area (Å²) in [7, 11) is 0. The highest BCUT2D eigenvalue weighted by Gasteiger charge is 2.49. The molecule has 2 heterocycles. The van der Waals surface area contributed by atoms with Gasteiger partial charge in [0.05, 0.1) is 12.2 Å². The number of rotatable bonds is 18. The second-order valence-corrected chi connectivity index (χ2v) is 11.1. The van der Waals surface area contributed by atoms with Crippen LogP contribution in [0.2, 0.25) is 0 Å². The number of nitrogens with one attached hydrogen (secondary N) is 2. The van der Waals surface area contributed by atoms with Gasteiger partial charge in [-0.3, -0.25) is 9.59 Å². The van der Waals surface area contributed by atoms with Crippen molar-refractivity contribution in [3.63, 3.8) is 0 Å². The SMILES string of the molecule is CCCCCCNC(=O)CC[C@H]1O[C@H](OC2O[C@H](CCC(=O)NCCCCCC)[C@@H](O)[C@H](O)[C@H]2O)[C@H](O)[C@H](O)[C@@H]1O. The zero-order chi connectivity index (χ0) is 30.4. The maximum absolute atomic E-state index is 12.2. The van der Waals surface area contributed by atoms with Crippen molar-refractivity contribution in [2.24, 2.45) is 0 Å². The van der Waals surface area contributed by atoms with E-state index in [1.54, 1.807) is 0 Å². The third-order valence-electron chi connectivity index (χ3n) is 7.62. The number of carbonyl (C=O) groups is 2. The van der Waals surface area contributed by atoms with Crippen molar-refractivity contribution in [2.75, 3.05) is 13.1 Å². The molecule has 0 saturated carbocycles. The third kappa shape index (κ3) is 11.6. The third-order valence-corrected chi connectivity index (χ3v) is 7.62. The molecule has 0 radical (unpaired) electrons. The first kappa shape index (κ1) is 35.8. The van der Waals surface area contributed by atoms with E-state index in [9.17, 15) is 40.2 Å². The van der Waals surface area contributed by atoms with Crippen molar-refractivity contribution in [3.05, 3.63) is 0 Å². The fraction of sp³-hybridized carbons (Fsp3) is 0.929. The number of unbranched alkanes of at least 4 members (excludes halogenated alkanes) is 6. The van der Waals surface area contributed by atoms with Crippen LogP contribution < -0.4 is 10.6 Å². The van der Waals surface area contributed by atoms with Gasteiger partial charge in [-0.15, -0.1) is 0 Å². The number of carbonyl (C=O) groups excluding carboxylic acids is 2. The molecule has 2 aliphatic heterocycles. The van der Waals surface area contributed by atoms with Gasteiger partial charge in [-0.25, -0.2) is 0 Å². The Kier molecular flexibility index (Phi) is 16.6. The van der Waals surface area contributed by atoms with Gasteiger partial charge in [0.15, 0.2) is 12.6 Å². The van der Waals surface area contributed by atoms with Gasteiger partial charge >= 0.3 is 0 Å². The molecule has 10 atom stereocenters. The van der Waals surface area contributed by atoms with Crippen LogP contribution in [0.15, 0.2) is 0 Å². The molecule has 13 heteroatoms. The molecule has 13 nitrogen and oxygen atoms in total. The maximum atomic E-state index is 12.2. The Morgan fingerprint density at radius 2 is 0.976 bits per heavy atom. The lowest BCUT2D eigenvalue weighted by Gasteiger charge is -2.45. The number of amides is 2. The molecule has 2 saturated heterocycles. The molecule has 2 fully saturated rings. The van der Waals surface area contributed by atoms with Crippen LogP contribution in [0.25, 0.3) is 0 Å². The highest BCUT2D eigenvalue weighted by atomic mass is 16.8. The second kappa shape index (κ2) is 19.0. The second-order valence-electron chi connectivity index (χ2n) is 11.1. The van der Waals surface area contributed by atoms with Crippen LogP contribution in [-0.2, 0) is 23.8 Å². The van der Waals surface area contributed by atoms with E-state index in [1.807, 2.05) is 0 Å². The summed E-state index contributed by atoms with van der Waals surface area (Å²) >= 11 is 0. The minimum atomic E-state index is -1.73. The number of hydrogen-bond acceptors (Lipinski definition) is 11. The van der Waals surface area contributed by atoms with E-state index in [1.165, 1.54) is 0 Å². The summed E-state index contributed by atoms with van der Waals surface area (Å²) in [5.74, 6) is -0.488. The van der Waals surface area contributed by atoms with E-state index in [2.05, 4.69) is 24.5 Å². The molecule has 0 aromatic heterocycles. The van der Waals surface area contributed by atoms with Crippen molar-refractivity contribution in [1.82, 2.24) is 10.6 Å². The van der Waals surface area contributed by atoms with Crippen LogP contribution in [0.3, 0.4) is 0 Å². The lowest BCUT2D eigenvalue weighted by molar-refractivity contribution is -0.374. The molecule has 2 aliphatic rings. The van der Waals surface area contributed by atoms with Crippen molar-refractivity contribution < 1.29 is 54.4 Å². The Balaban J connectivity index is 1.89. The lowest BCUT2D eigenvalue weighted by Crippen LogP contribution is -2.63. The van der Waals surface area contributed by atoms with Crippen LogP contribution >= 0.6 is 0 Å². The predicted octanol–water partition coefficient (Wildman–Crippen LogP) is -0.428. The summed E-state index contributed by atoms with van der Waals surface area (Å²) in [5, 5.41) is 68.1. The monoisotopic (exact) mass is 592 g/mol. The topological polar surface area (TPSA) is 207 Å². The summed E-state index contributed by atoms with van der Waals surface area (Å²) in [4.78, 5) is 24.4. The lowest BCUT2D eigenvalue weighted by atomic mass is 9.94. The van der Waals surface area contributed by atoms with Gasteiger partial charge in [0, 0.05) is 25.9 Å². The van der Waals surface area contributed by atoms with E-state index in [0.717, 1.165) is 51.4 Å². The summed E-state index contributed by atoms with van der Waals surface area (Å²) in [6, 6.07) is 0. The van der Waals surface area contributed by atoms with Crippen LogP contribution in [0.4, 0.5) is 0 Å². The van der Waals surface area contributed by atoms with Gasteiger partial charge in [-0.05, 0) is 25.7 Å². The molecule has 0 aromatic carbocycles. The number of hydrogen-bond donors (Lipinski definition) is 8. The fourth-order valence-electron chi connectivity index (χ4n) is 4.95. The molecule has 0 aliphatic carbocycles. The number of ether oxygens (including phenoxy) is 3. The molecule has 2 rings (SSSR count). The van der Waals surface area contributed by atoms with Gasteiger partial charge < -0.3 is 55.5 Å². The van der Waals surface area contributed by atoms with E-state index in [4.69, 9.17) is 14.2 Å². The van der Waals surface area contributed by atoms with E-state index in [0.29, 0.717) is 13.1 Å². The molecule has 0 aromatic rings. The smallest absolute Gasteiger partial charge is 0.220 e. The van der Waals surface area contributed by atoms with Crippen molar-refractivity contribution in [3.8, 4) is 0 Å². The minimum Gasteiger partial charge on any atom is -0.388 e. The number of aliphatic hydroxyl groups excluding tert-OH is 6. The molecule has 1 unspecified atom stereocenters. The zero-order valence-electron chi connectivity index (χ0n) is 24.4. The van der Waals surface area contributed by atoms with Crippen molar-refractivity contribution in [2.45, 2.75) is 152 Å². The first-order valence-corrected chi connectivity index (χ1v) is 15.2. The first-order chi connectivity index (χ1) is 19.6. The summed E-state index contributed by atoms with van der Waals surface area (Å²) in [5.41, 5.74) is 0. The van der Waals surface area contributed by atoms with Crippen LogP contribution in [-0.4, -0.2) is 117 Å². The van der Waals surface area contributed by atoms with Crippen LogP contribution in [0.1, 0.15) is 90.9 Å². The summed E-state index contributed by atoms with van der Waals surface area (Å²) in [6.07, 6.45) is -6.98. The van der Waals surface area contributed by atoms with Gasteiger partial charge in [-0.2, -0.15) is 0 Å². The first-order valence-electron chi connectivity index (χ1n) is 15.2. The van der Waals surface area contributed by atoms with Gasteiger partial charge in [-0.1, -0.05) is 52.4 Å². The molecular weight excluding hydrogens is 540 g/mol. The fourth-order valence-corrected chi connectivity index (χ4v) is 4.95. The summed E-state index contributed by atoms with van der Waals surface area (Å²) in [6.45, 7) is 5.26. The van der Waals surface area contributed by atoms with Crippen LogP contribution in [0.5, 0.6) is 0 Å². The molecule has 240 valence electrons. The van der Waals surface area contributed by atoms with Crippen molar-refractivity contribution in [1.29, 1.82) is 0 Å². The van der Waals surface area contributed by atoms with E-state index >= 15 is 0 Å². The molecular formula is C28H52N2O11. The largest absolute Gasteiger partial charge is 0.388 e. The zero-order valence-corrected chi connectivity index (χ0v) is 24.4. The molecule has 0 bridgehead atoms. The normalized spacial score (nSPS) is 33.9. The van der Waals surface area contributed by atoms with Gasteiger partial charge in [0.1, 0.15) is 36.6 Å². The Bertz CT molecular complexity index is 701. The van der Waals surface area contributed by atoms with Gasteiger partial charge in [0.2, 0.25) is 11.8 Å². The predicted molar refractivity (Wildman–Crippen MR) is 147 cm³/mol. The highest BCUT2D eigenvalue weighted by molar-refractivity contribution is 5.76. The Labute approximate surface area is 242 Å². The molecule has 41 heavy (non-hydrogen) atoms. The molecule has 0 spiro atoms. The van der Waals surface area contributed by atoms with E-state index < -0.39 is 61.4 Å². The molecule has 8 N–H and O–H groups in total. The van der Waals surface area contributed by atoms with E-state index in [-0.39, 0.29) is 37.5 Å². The van der Waals surface area contributed by atoms with Crippen LogP contribution in [0, 0.1) is 0 Å². The average Bonchev–Trinajstić information content (AvgIpc) is 2.96. The quantitative estimate of drug-likeness (QED) is 0.0958. The summed E-state index contributed by atoms with van der Waals surface area (Å²) < 4.78 is 16.9. The Morgan fingerprint density at radius 1 is 0.585 bits per heavy atom. The van der Waals surface area contributed by atoms with Gasteiger partial charge in [0.25, 0.3) is 0 Å². The maximum Gasteiger partial charge on any atom is 0.220 e. The Hall–Kier alpha value is -1.42. The van der Waals surface area contributed by atoms with Crippen molar-refractivity contribution >= 4 is 11.8 Å². The number of aliphatic hydroxyl groups is 6. The highest BCUT2D eigenvalue weighted by Crippen LogP contribution is 2.30. The minimum absolute atomic E-state index is 0.00123. The standard InChI is InChI=1S/C28H52N2O11/c1-3-5-7-9-15-29-19(31)13-11-17-21(33)23(35)25(37)27(39-17)41-28-26(38)24(36)22(34)18(40-28)12-14-20(32)30-16-10-8-6-4-2/h17-18,21-28,33-38H,3-16H2,1-2H3,(H,29,31)(H,30,32)/t17-,18-,21-,22-,23-,24+,25-,26-,27-,28?/m1/s1. The molecule has 2 amide bonds. The average molecular weight is 593 g/mol. The Morgan fingerprint density at radius 3 is 1.34 bits per heavy atom.